The third kappa shape index (κ3) is 1.56. The first-order valence-electron chi connectivity index (χ1n) is 5.24. The first-order chi connectivity index (χ1) is 7.93. The van der Waals surface area contributed by atoms with Crippen molar-refractivity contribution in [3.05, 3.63) is 60.6 Å². The van der Waals surface area contributed by atoms with Gasteiger partial charge in [-0.25, -0.2) is 0 Å². The summed E-state index contributed by atoms with van der Waals surface area (Å²) in [7, 11) is 0. The molecular weight excluding hydrogens is 198 g/mol. The average molecular weight is 209 g/mol. The Morgan fingerprint density at radius 3 is 2.75 bits per heavy atom. The summed E-state index contributed by atoms with van der Waals surface area (Å²) in [6.07, 6.45) is 3.69. The van der Waals surface area contributed by atoms with Crippen molar-refractivity contribution in [2.45, 2.75) is 6.54 Å². The van der Waals surface area contributed by atoms with Crippen LogP contribution in [-0.4, -0.2) is 14.8 Å². The molecule has 0 saturated heterocycles. The fourth-order valence-electron chi connectivity index (χ4n) is 1.80. The molecule has 2 aromatic heterocycles. The standard InChI is InChI=1S/C13H11N3/c1-2-7-13-11(5-1)9-15-16(13)10-12-6-3-4-8-14-12/h1-9H,10H2. The minimum Gasteiger partial charge on any atom is -0.259 e. The number of nitrogens with zero attached hydrogens (tertiary/aromatic N) is 3. The Hall–Kier alpha value is -2.16. The van der Waals surface area contributed by atoms with Crippen LogP contribution < -0.4 is 0 Å². The number of fused-ring (bicyclic) bond motifs is 1. The lowest BCUT2D eigenvalue weighted by atomic mass is 10.2. The van der Waals surface area contributed by atoms with Crippen LogP contribution >= 0.6 is 0 Å². The van der Waals surface area contributed by atoms with Gasteiger partial charge in [-0.2, -0.15) is 5.10 Å². The second-order valence-electron chi connectivity index (χ2n) is 3.68. The second kappa shape index (κ2) is 3.77. The smallest absolute Gasteiger partial charge is 0.0838 e. The SMILES string of the molecule is c1ccc(Cn2ncc3ccccc32)nc1. The van der Waals surface area contributed by atoms with E-state index in [1.165, 1.54) is 5.39 Å². The van der Waals surface area contributed by atoms with Crippen molar-refractivity contribution in [1.82, 2.24) is 14.8 Å². The molecule has 0 atom stereocenters. The minimum absolute atomic E-state index is 0.717. The molecule has 0 spiro atoms. The Bertz CT molecular complexity index is 599. The van der Waals surface area contributed by atoms with E-state index in [9.17, 15) is 0 Å². The molecule has 2 heterocycles. The summed E-state index contributed by atoms with van der Waals surface area (Å²) < 4.78 is 1.97. The molecule has 16 heavy (non-hydrogen) atoms. The maximum absolute atomic E-state index is 4.37. The predicted octanol–water partition coefficient (Wildman–Crippen LogP) is 2.48. The predicted molar refractivity (Wildman–Crippen MR) is 63.1 cm³/mol. The first-order valence-corrected chi connectivity index (χ1v) is 5.24. The quantitative estimate of drug-likeness (QED) is 0.649. The topological polar surface area (TPSA) is 30.7 Å². The molecule has 0 fully saturated rings. The van der Waals surface area contributed by atoms with Crippen LogP contribution in [0.1, 0.15) is 5.69 Å². The van der Waals surface area contributed by atoms with Crippen LogP contribution in [0.2, 0.25) is 0 Å². The molecule has 0 N–H and O–H groups in total. The monoisotopic (exact) mass is 209 g/mol. The van der Waals surface area contributed by atoms with E-state index in [2.05, 4.69) is 22.2 Å². The van der Waals surface area contributed by atoms with Crippen LogP contribution in [-0.2, 0) is 6.54 Å². The molecule has 0 aliphatic carbocycles. The van der Waals surface area contributed by atoms with Gasteiger partial charge in [0.05, 0.1) is 24.0 Å². The number of hydrogen-bond donors (Lipinski definition) is 0. The van der Waals surface area contributed by atoms with Gasteiger partial charge in [-0.05, 0) is 18.2 Å². The third-order valence-corrected chi connectivity index (χ3v) is 2.59. The summed E-state index contributed by atoms with van der Waals surface area (Å²) in [6, 6.07) is 14.1. The van der Waals surface area contributed by atoms with E-state index >= 15 is 0 Å². The van der Waals surface area contributed by atoms with Crippen LogP contribution in [0, 0.1) is 0 Å². The fraction of sp³-hybridized carbons (Fsp3) is 0.0769. The normalized spacial score (nSPS) is 10.8. The van der Waals surface area contributed by atoms with E-state index in [0.717, 1.165) is 11.2 Å². The van der Waals surface area contributed by atoms with Gasteiger partial charge in [0.1, 0.15) is 0 Å². The van der Waals surface area contributed by atoms with Gasteiger partial charge in [-0.3, -0.25) is 9.67 Å². The van der Waals surface area contributed by atoms with Gasteiger partial charge in [0, 0.05) is 11.6 Å². The molecule has 0 radical (unpaired) electrons. The summed E-state index contributed by atoms with van der Waals surface area (Å²) >= 11 is 0. The maximum Gasteiger partial charge on any atom is 0.0838 e. The zero-order valence-corrected chi connectivity index (χ0v) is 8.74. The van der Waals surface area contributed by atoms with Gasteiger partial charge in [0.25, 0.3) is 0 Å². The maximum atomic E-state index is 4.37. The lowest BCUT2D eigenvalue weighted by Gasteiger charge is -2.02. The van der Waals surface area contributed by atoms with Crippen molar-refractivity contribution >= 4 is 10.9 Å². The van der Waals surface area contributed by atoms with Crippen molar-refractivity contribution < 1.29 is 0 Å². The van der Waals surface area contributed by atoms with Crippen molar-refractivity contribution in [3.8, 4) is 0 Å². The second-order valence-corrected chi connectivity index (χ2v) is 3.68. The number of benzene rings is 1. The molecule has 0 saturated carbocycles. The lowest BCUT2D eigenvalue weighted by Crippen LogP contribution is -2.02. The van der Waals surface area contributed by atoms with Crippen LogP contribution in [0.5, 0.6) is 0 Å². The van der Waals surface area contributed by atoms with E-state index in [4.69, 9.17) is 0 Å². The molecule has 78 valence electrons. The van der Waals surface area contributed by atoms with Crippen molar-refractivity contribution in [2.75, 3.05) is 0 Å². The van der Waals surface area contributed by atoms with Gasteiger partial charge < -0.3 is 0 Å². The van der Waals surface area contributed by atoms with Gasteiger partial charge in [-0.1, -0.05) is 24.3 Å². The third-order valence-electron chi connectivity index (χ3n) is 2.59. The highest BCUT2D eigenvalue weighted by atomic mass is 15.3. The lowest BCUT2D eigenvalue weighted by molar-refractivity contribution is 0.696. The highest BCUT2D eigenvalue weighted by Crippen LogP contribution is 2.13. The highest BCUT2D eigenvalue weighted by Gasteiger charge is 2.02. The first kappa shape index (κ1) is 9.09. The highest BCUT2D eigenvalue weighted by molar-refractivity contribution is 5.78. The Kier molecular flexibility index (Phi) is 2.14. The molecule has 1 aromatic carbocycles. The van der Waals surface area contributed by atoms with Gasteiger partial charge in [-0.15, -0.1) is 0 Å². The molecule has 0 amide bonds. The fourth-order valence-corrected chi connectivity index (χ4v) is 1.80. The molecule has 0 bridgehead atoms. The Balaban J connectivity index is 2.01. The Morgan fingerprint density at radius 2 is 1.88 bits per heavy atom. The van der Waals surface area contributed by atoms with Crippen LogP contribution in [0.4, 0.5) is 0 Å². The molecule has 3 aromatic rings. The molecule has 0 aliphatic heterocycles. The zero-order valence-electron chi connectivity index (χ0n) is 8.74. The van der Waals surface area contributed by atoms with Crippen LogP contribution in [0.3, 0.4) is 0 Å². The number of pyridine rings is 1. The number of aromatic nitrogens is 3. The Morgan fingerprint density at radius 1 is 1.00 bits per heavy atom. The van der Waals surface area contributed by atoms with Crippen molar-refractivity contribution in [2.24, 2.45) is 0 Å². The summed E-state index contributed by atoms with van der Waals surface area (Å²) in [5.41, 5.74) is 2.17. The molecule has 3 nitrogen and oxygen atoms in total. The zero-order chi connectivity index (χ0) is 10.8. The number of rotatable bonds is 2. The summed E-state index contributed by atoms with van der Waals surface area (Å²) in [5, 5.41) is 5.53. The van der Waals surface area contributed by atoms with E-state index in [1.54, 1.807) is 6.20 Å². The van der Waals surface area contributed by atoms with Crippen molar-refractivity contribution in [1.29, 1.82) is 0 Å². The van der Waals surface area contributed by atoms with Crippen LogP contribution in [0.25, 0.3) is 10.9 Å². The summed E-state index contributed by atoms with van der Waals surface area (Å²) in [6.45, 7) is 0.717. The van der Waals surface area contributed by atoms with E-state index in [1.807, 2.05) is 41.2 Å². The van der Waals surface area contributed by atoms with E-state index < -0.39 is 0 Å². The van der Waals surface area contributed by atoms with E-state index in [0.29, 0.717) is 6.54 Å². The molecule has 0 unspecified atom stereocenters. The largest absolute Gasteiger partial charge is 0.259 e. The van der Waals surface area contributed by atoms with Gasteiger partial charge >= 0.3 is 0 Å². The van der Waals surface area contributed by atoms with Crippen molar-refractivity contribution in [3.63, 3.8) is 0 Å². The molecule has 0 aliphatic rings. The molecular formula is C13H11N3. The minimum atomic E-state index is 0.717. The summed E-state index contributed by atoms with van der Waals surface area (Å²) in [4.78, 5) is 4.30. The van der Waals surface area contributed by atoms with Gasteiger partial charge in [0.2, 0.25) is 0 Å². The van der Waals surface area contributed by atoms with Crippen LogP contribution in [0.15, 0.2) is 54.9 Å². The van der Waals surface area contributed by atoms with E-state index in [-0.39, 0.29) is 0 Å². The molecule has 3 rings (SSSR count). The number of para-hydroxylation sites is 1. The number of hydrogen-bond acceptors (Lipinski definition) is 2. The Labute approximate surface area is 93.4 Å². The van der Waals surface area contributed by atoms with Gasteiger partial charge in [0.15, 0.2) is 0 Å². The molecule has 3 heteroatoms. The average Bonchev–Trinajstić information content (AvgIpc) is 2.74. The summed E-state index contributed by atoms with van der Waals surface area (Å²) in [5.74, 6) is 0.